The molecule has 1 unspecified atom stereocenters. The zero-order valence-electron chi connectivity index (χ0n) is 14.9. The van der Waals surface area contributed by atoms with Gasteiger partial charge in [-0.2, -0.15) is 0 Å². The third-order valence-corrected chi connectivity index (χ3v) is 4.68. The number of nitro groups is 1. The zero-order valence-corrected chi connectivity index (χ0v) is 14.9. The van der Waals surface area contributed by atoms with E-state index in [1.165, 1.54) is 11.8 Å². The molecule has 0 spiro atoms. The fourth-order valence-electron chi connectivity index (χ4n) is 3.20. The van der Waals surface area contributed by atoms with Crippen molar-refractivity contribution in [3.05, 3.63) is 58.2 Å². The minimum atomic E-state index is -0.524. The second-order valence-electron chi connectivity index (χ2n) is 6.71. The van der Waals surface area contributed by atoms with Crippen LogP contribution in [0.5, 0.6) is 6.01 Å². The van der Waals surface area contributed by atoms with Gasteiger partial charge in [0.1, 0.15) is 18.9 Å². The highest BCUT2D eigenvalue weighted by molar-refractivity contribution is 5.23. The molecule has 1 radical (unpaired) electrons. The molecular weight excluding hydrogens is 350 g/mol. The van der Waals surface area contributed by atoms with Crippen molar-refractivity contribution in [3.63, 3.8) is 0 Å². The van der Waals surface area contributed by atoms with E-state index in [1.807, 2.05) is 0 Å². The predicted octanol–water partition coefficient (Wildman–Crippen LogP) is 1.34. The van der Waals surface area contributed by atoms with Crippen molar-refractivity contribution < 1.29 is 14.4 Å². The Morgan fingerprint density at radius 1 is 1.33 bits per heavy atom. The fraction of sp³-hybridized carbons (Fsp3) is 0.444. The molecule has 9 heteroatoms. The number of rotatable bonds is 6. The van der Waals surface area contributed by atoms with Gasteiger partial charge in [0.2, 0.25) is 0 Å². The summed E-state index contributed by atoms with van der Waals surface area (Å²) in [5.74, 6) is -0.206. The molecule has 27 heavy (non-hydrogen) atoms. The topological polar surface area (TPSA) is 94.7 Å². The van der Waals surface area contributed by atoms with Crippen LogP contribution in [0.2, 0.25) is 0 Å². The molecule has 0 amide bonds. The van der Waals surface area contributed by atoms with E-state index >= 15 is 0 Å². The summed E-state index contributed by atoms with van der Waals surface area (Å²) >= 11 is 0. The second kappa shape index (κ2) is 8.03. The molecule has 9 nitrogen and oxygen atoms in total. The highest BCUT2D eigenvalue weighted by Crippen LogP contribution is 2.23. The van der Waals surface area contributed by atoms with E-state index in [1.54, 1.807) is 4.57 Å². The van der Waals surface area contributed by atoms with Crippen LogP contribution in [-0.2, 0) is 24.4 Å². The summed E-state index contributed by atoms with van der Waals surface area (Å²) in [4.78, 5) is 16.4. The molecule has 1 aromatic carbocycles. The van der Waals surface area contributed by atoms with Crippen molar-refractivity contribution in [1.29, 1.82) is 0 Å². The summed E-state index contributed by atoms with van der Waals surface area (Å²) in [6.07, 6.45) is 1.22. The normalized spacial score (nSPS) is 20.1. The average Bonchev–Trinajstić information content (AvgIpc) is 3.12. The summed E-state index contributed by atoms with van der Waals surface area (Å²) in [5.41, 5.74) is 2.36. The summed E-state index contributed by atoms with van der Waals surface area (Å²) in [6.45, 7) is 7.39. The molecule has 1 fully saturated rings. The number of imidazole rings is 1. The van der Waals surface area contributed by atoms with Gasteiger partial charge in [-0.3, -0.25) is 9.47 Å². The standard InChI is InChI=1S/C18H22N5O4/c24-23(25)17-11-22-10-16(13-27-18(22)20-17)26-12-15-3-1-14(2-4-15)9-21-7-5-19-6-8-21/h1-4,7,11,16,19H,5-6,8-10,12-13H2. The zero-order chi connectivity index (χ0) is 18.6. The molecule has 4 rings (SSSR count). The Hall–Kier alpha value is -2.49. The van der Waals surface area contributed by atoms with Crippen LogP contribution in [0.3, 0.4) is 0 Å². The third-order valence-electron chi connectivity index (χ3n) is 4.68. The van der Waals surface area contributed by atoms with Crippen LogP contribution in [-0.4, -0.2) is 51.7 Å². The number of ether oxygens (including phenoxy) is 2. The smallest absolute Gasteiger partial charge is 0.414 e. The summed E-state index contributed by atoms with van der Waals surface area (Å²) in [5, 5.41) is 14.1. The van der Waals surface area contributed by atoms with Crippen molar-refractivity contribution >= 4 is 5.82 Å². The first-order chi connectivity index (χ1) is 13.2. The monoisotopic (exact) mass is 372 g/mol. The van der Waals surface area contributed by atoms with Gasteiger partial charge >= 0.3 is 11.8 Å². The van der Waals surface area contributed by atoms with E-state index in [2.05, 4.69) is 46.0 Å². The van der Waals surface area contributed by atoms with Crippen LogP contribution in [0.4, 0.5) is 5.82 Å². The molecule has 0 aliphatic carbocycles. The van der Waals surface area contributed by atoms with Crippen molar-refractivity contribution in [3.8, 4) is 6.01 Å². The minimum absolute atomic E-state index is 0.165. The number of fused-ring (bicyclic) bond motifs is 1. The lowest BCUT2D eigenvalue weighted by Crippen LogP contribution is -2.39. The van der Waals surface area contributed by atoms with Gasteiger partial charge in [-0.25, -0.2) is 0 Å². The molecular formula is C18H22N5O4. The largest absolute Gasteiger partial charge is 0.443 e. The Morgan fingerprint density at radius 2 is 2.15 bits per heavy atom. The van der Waals surface area contributed by atoms with Gasteiger partial charge < -0.3 is 24.9 Å². The molecule has 3 heterocycles. The molecule has 1 saturated heterocycles. The van der Waals surface area contributed by atoms with Gasteiger partial charge in [0, 0.05) is 37.7 Å². The maximum atomic E-state index is 10.8. The Bertz CT molecular complexity index is 786. The Labute approximate surface area is 157 Å². The number of hydrogen-bond acceptors (Lipinski definition) is 7. The molecule has 2 aliphatic rings. The number of benzene rings is 1. The van der Waals surface area contributed by atoms with Gasteiger partial charge in [-0.1, -0.05) is 24.3 Å². The number of nitrogens with zero attached hydrogens (tertiary/aromatic N) is 4. The number of nitrogens with one attached hydrogen (secondary N) is 1. The van der Waals surface area contributed by atoms with Crippen LogP contribution in [0, 0.1) is 16.7 Å². The first-order valence-corrected chi connectivity index (χ1v) is 8.99. The Balaban J connectivity index is 1.28. The molecule has 2 aliphatic heterocycles. The van der Waals surface area contributed by atoms with Crippen LogP contribution in [0.1, 0.15) is 11.1 Å². The molecule has 0 bridgehead atoms. The SMILES string of the molecule is O=[N+]([O-])c1cn2c(n1)OCC(OCc1ccc(CN3[CH]CNCC3)cc1)C2. The molecule has 2 aromatic rings. The lowest BCUT2D eigenvalue weighted by Gasteiger charge is -2.26. The lowest BCUT2D eigenvalue weighted by molar-refractivity contribution is -0.389. The minimum Gasteiger partial charge on any atom is -0.443 e. The number of piperazine rings is 1. The van der Waals surface area contributed by atoms with Gasteiger partial charge in [-0.15, -0.1) is 0 Å². The first kappa shape index (κ1) is 17.9. The number of aromatic nitrogens is 2. The van der Waals surface area contributed by atoms with Crippen molar-refractivity contribution in [1.82, 2.24) is 19.8 Å². The van der Waals surface area contributed by atoms with Gasteiger partial charge in [0.15, 0.2) is 0 Å². The van der Waals surface area contributed by atoms with Gasteiger partial charge in [-0.05, 0) is 16.1 Å². The van der Waals surface area contributed by atoms with E-state index in [0.29, 0.717) is 19.8 Å². The summed E-state index contributed by atoms with van der Waals surface area (Å²) < 4.78 is 13.0. The van der Waals surface area contributed by atoms with Gasteiger partial charge in [0.25, 0.3) is 0 Å². The molecule has 0 saturated carbocycles. The van der Waals surface area contributed by atoms with Crippen molar-refractivity contribution in [2.45, 2.75) is 25.8 Å². The van der Waals surface area contributed by atoms with E-state index in [4.69, 9.17) is 9.47 Å². The fourth-order valence-corrected chi connectivity index (χ4v) is 3.20. The van der Waals surface area contributed by atoms with Crippen LogP contribution < -0.4 is 10.1 Å². The quantitative estimate of drug-likeness (QED) is 0.604. The Kier molecular flexibility index (Phi) is 5.33. The maximum Gasteiger partial charge on any atom is 0.414 e. The van der Waals surface area contributed by atoms with E-state index in [-0.39, 0.29) is 17.9 Å². The first-order valence-electron chi connectivity index (χ1n) is 8.99. The molecule has 143 valence electrons. The van der Waals surface area contributed by atoms with E-state index in [0.717, 1.165) is 31.7 Å². The molecule has 1 aromatic heterocycles. The highest BCUT2D eigenvalue weighted by Gasteiger charge is 2.28. The molecule has 1 atom stereocenters. The van der Waals surface area contributed by atoms with E-state index < -0.39 is 4.92 Å². The lowest BCUT2D eigenvalue weighted by atomic mass is 10.1. The number of hydrogen-bond donors (Lipinski definition) is 1. The van der Waals surface area contributed by atoms with Crippen molar-refractivity contribution in [2.75, 3.05) is 26.2 Å². The van der Waals surface area contributed by atoms with Crippen LogP contribution >= 0.6 is 0 Å². The third kappa shape index (κ3) is 4.44. The highest BCUT2D eigenvalue weighted by atomic mass is 16.6. The van der Waals surface area contributed by atoms with Crippen LogP contribution in [0.25, 0.3) is 0 Å². The van der Waals surface area contributed by atoms with Gasteiger partial charge in [0.05, 0.1) is 13.2 Å². The average molecular weight is 372 g/mol. The van der Waals surface area contributed by atoms with E-state index in [9.17, 15) is 10.1 Å². The summed E-state index contributed by atoms with van der Waals surface area (Å²) in [6, 6.07) is 8.69. The van der Waals surface area contributed by atoms with Crippen LogP contribution in [0.15, 0.2) is 30.5 Å². The maximum absolute atomic E-state index is 10.8. The Morgan fingerprint density at radius 3 is 2.89 bits per heavy atom. The summed E-state index contributed by atoms with van der Waals surface area (Å²) in [7, 11) is 0. The van der Waals surface area contributed by atoms with Crippen molar-refractivity contribution in [2.24, 2.45) is 0 Å². The molecule has 1 N–H and O–H groups in total. The predicted molar refractivity (Wildman–Crippen MR) is 97.0 cm³/mol. The second-order valence-corrected chi connectivity index (χ2v) is 6.71.